The molecule has 0 aliphatic carbocycles. The molecule has 0 saturated carbocycles. The van der Waals surface area contributed by atoms with Gasteiger partial charge in [-0.15, -0.1) is 0 Å². The Morgan fingerprint density at radius 3 is 2.44 bits per heavy atom. The van der Waals surface area contributed by atoms with Crippen LogP contribution in [0.4, 0.5) is 5.69 Å². The summed E-state index contributed by atoms with van der Waals surface area (Å²) in [6, 6.07) is 14.9. The second kappa shape index (κ2) is 8.99. The van der Waals surface area contributed by atoms with Crippen molar-refractivity contribution < 1.29 is 9.59 Å². The van der Waals surface area contributed by atoms with Crippen LogP contribution in [0, 0.1) is 6.92 Å². The number of para-hydroxylation sites is 1. The van der Waals surface area contributed by atoms with Crippen LogP contribution in [0.25, 0.3) is 0 Å². The number of aryl methyl sites for hydroxylation is 1. The first-order valence-corrected chi connectivity index (χ1v) is 8.44. The summed E-state index contributed by atoms with van der Waals surface area (Å²) in [5, 5.41) is 5.69. The maximum atomic E-state index is 12.5. The molecule has 2 amide bonds. The van der Waals surface area contributed by atoms with Gasteiger partial charge in [0.15, 0.2) is 0 Å². The summed E-state index contributed by atoms with van der Waals surface area (Å²) in [4.78, 5) is 24.5. The Hall–Kier alpha value is -2.66. The molecule has 0 aliphatic heterocycles. The van der Waals surface area contributed by atoms with Crippen LogP contribution < -0.4 is 16.4 Å². The van der Waals surface area contributed by atoms with Crippen molar-refractivity contribution in [1.29, 1.82) is 0 Å². The lowest BCUT2D eigenvalue weighted by Gasteiger charge is -2.12. The van der Waals surface area contributed by atoms with Gasteiger partial charge >= 0.3 is 0 Å². The molecule has 132 valence electrons. The fourth-order valence-corrected chi connectivity index (χ4v) is 2.35. The first-order chi connectivity index (χ1) is 12.0. The molecule has 0 radical (unpaired) electrons. The van der Waals surface area contributed by atoms with E-state index in [2.05, 4.69) is 10.6 Å². The van der Waals surface area contributed by atoms with Gasteiger partial charge in [0.1, 0.15) is 0 Å². The SMILES string of the molecule is Cc1ccc(CNC(=O)c2ccccc2NC(=O)CCC(C)N)cc1. The molecule has 0 saturated heterocycles. The Labute approximate surface area is 148 Å². The van der Waals surface area contributed by atoms with Crippen LogP contribution in [0.2, 0.25) is 0 Å². The minimum absolute atomic E-state index is 0.0289. The van der Waals surface area contributed by atoms with Gasteiger partial charge in [0, 0.05) is 19.0 Å². The van der Waals surface area contributed by atoms with Gasteiger partial charge in [0.25, 0.3) is 5.91 Å². The van der Waals surface area contributed by atoms with Gasteiger partial charge in [-0.1, -0.05) is 42.0 Å². The molecule has 0 aliphatic rings. The molecule has 5 nitrogen and oxygen atoms in total. The predicted molar refractivity (Wildman–Crippen MR) is 100 cm³/mol. The Balaban J connectivity index is 1.99. The van der Waals surface area contributed by atoms with Gasteiger partial charge in [-0.25, -0.2) is 0 Å². The third-order valence-corrected chi connectivity index (χ3v) is 3.85. The van der Waals surface area contributed by atoms with E-state index < -0.39 is 0 Å². The topological polar surface area (TPSA) is 84.2 Å². The maximum absolute atomic E-state index is 12.5. The molecule has 0 spiro atoms. The fourth-order valence-electron chi connectivity index (χ4n) is 2.35. The molecule has 2 aromatic carbocycles. The molecule has 0 aromatic heterocycles. The van der Waals surface area contributed by atoms with E-state index in [1.807, 2.05) is 38.1 Å². The van der Waals surface area contributed by atoms with Crippen molar-refractivity contribution >= 4 is 17.5 Å². The lowest BCUT2D eigenvalue weighted by atomic mass is 10.1. The summed E-state index contributed by atoms with van der Waals surface area (Å²) in [7, 11) is 0. The molecular weight excluding hydrogens is 314 g/mol. The highest BCUT2D eigenvalue weighted by atomic mass is 16.2. The zero-order chi connectivity index (χ0) is 18.2. The maximum Gasteiger partial charge on any atom is 0.253 e. The number of anilines is 1. The largest absolute Gasteiger partial charge is 0.348 e. The number of hydrogen-bond donors (Lipinski definition) is 3. The van der Waals surface area contributed by atoms with Crippen LogP contribution in [0.15, 0.2) is 48.5 Å². The minimum Gasteiger partial charge on any atom is -0.348 e. The van der Waals surface area contributed by atoms with E-state index in [4.69, 9.17) is 5.73 Å². The highest BCUT2D eigenvalue weighted by Gasteiger charge is 2.13. The third kappa shape index (κ3) is 6.04. The molecule has 2 rings (SSSR count). The van der Waals surface area contributed by atoms with Gasteiger partial charge in [0.2, 0.25) is 5.91 Å². The van der Waals surface area contributed by atoms with E-state index in [0.29, 0.717) is 30.6 Å². The predicted octanol–water partition coefficient (Wildman–Crippen LogP) is 2.99. The van der Waals surface area contributed by atoms with Crippen LogP contribution in [0.3, 0.4) is 0 Å². The van der Waals surface area contributed by atoms with E-state index >= 15 is 0 Å². The van der Waals surface area contributed by atoms with Crippen molar-refractivity contribution in [3.05, 3.63) is 65.2 Å². The fraction of sp³-hybridized carbons (Fsp3) is 0.300. The van der Waals surface area contributed by atoms with Crippen LogP contribution >= 0.6 is 0 Å². The number of rotatable bonds is 7. The third-order valence-electron chi connectivity index (χ3n) is 3.85. The standard InChI is InChI=1S/C20H25N3O2/c1-14-7-10-16(11-8-14)13-22-20(25)17-5-3-4-6-18(17)23-19(24)12-9-15(2)21/h3-8,10-11,15H,9,12-13,21H2,1-2H3,(H,22,25)(H,23,24). The Bertz CT molecular complexity index is 724. The molecule has 0 bridgehead atoms. The summed E-state index contributed by atoms with van der Waals surface area (Å²) in [6.45, 7) is 4.32. The first kappa shape index (κ1) is 18.7. The Kier molecular flexibility index (Phi) is 6.71. The van der Waals surface area contributed by atoms with Crippen LogP contribution in [0.5, 0.6) is 0 Å². The molecule has 0 heterocycles. The lowest BCUT2D eigenvalue weighted by Crippen LogP contribution is -2.25. The average Bonchev–Trinajstić information content (AvgIpc) is 2.59. The highest BCUT2D eigenvalue weighted by molar-refractivity contribution is 6.03. The summed E-state index contributed by atoms with van der Waals surface area (Å²) < 4.78 is 0. The smallest absolute Gasteiger partial charge is 0.253 e. The number of amides is 2. The zero-order valence-electron chi connectivity index (χ0n) is 14.7. The number of carbonyl (C=O) groups excluding carboxylic acids is 2. The molecule has 1 atom stereocenters. The second-order valence-corrected chi connectivity index (χ2v) is 6.28. The van der Waals surface area contributed by atoms with Crippen molar-refractivity contribution in [2.45, 2.75) is 39.3 Å². The molecule has 0 fully saturated rings. The molecule has 1 unspecified atom stereocenters. The minimum atomic E-state index is -0.219. The summed E-state index contributed by atoms with van der Waals surface area (Å²) in [5.41, 5.74) is 8.83. The van der Waals surface area contributed by atoms with Crippen molar-refractivity contribution in [2.75, 3.05) is 5.32 Å². The average molecular weight is 339 g/mol. The lowest BCUT2D eigenvalue weighted by molar-refractivity contribution is -0.116. The van der Waals surface area contributed by atoms with E-state index in [9.17, 15) is 9.59 Å². The van der Waals surface area contributed by atoms with Gasteiger partial charge in [-0.3, -0.25) is 9.59 Å². The molecule has 2 aromatic rings. The van der Waals surface area contributed by atoms with Crippen molar-refractivity contribution in [1.82, 2.24) is 5.32 Å². The summed E-state index contributed by atoms with van der Waals surface area (Å²) in [6.07, 6.45) is 0.935. The molecule has 4 N–H and O–H groups in total. The van der Waals surface area contributed by atoms with E-state index in [-0.39, 0.29) is 17.9 Å². The van der Waals surface area contributed by atoms with Crippen LogP contribution in [-0.2, 0) is 11.3 Å². The number of hydrogen-bond acceptors (Lipinski definition) is 3. The molecular formula is C20H25N3O2. The first-order valence-electron chi connectivity index (χ1n) is 8.44. The van der Waals surface area contributed by atoms with E-state index in [0.717, 1.165) is 5.56 Å². The van der Waals surface area contributed by atoms with Gasteiger partial charge in [-0.2, -0.15) is 0 Å². The van der Waals surface area contributed by atoms with Gasteiger partial charge < -0.3 is 16.4 Å². The Morgan fingerprint density at radius 1 is 1.08 bits per heavy atom. The van der Waals surface area contributed by atoms with Crippen molar-refractivity contribution in [3.63, 3.8) is 0 Å². The second-order valence-electron chi connectivity index (χ2n) is 6.28. The van der Waals surface area contributed by atoms with Crippen LogP contribution in [0.1, 0.15) is 41.3 Å². The number of nitrogens with two attached hydrogens (primary N) is 1. The number of benzene rings is 2. The number of carbonyl (C=O) groups is 2. The highest BCUT2D eigenvalue weighted by Crippen LogP contribution is 2.16. The molecule has 5 heteroatoms. The summed E-state index contributed by atoms with van der Waals surface area (Å²) in [5.74, 6) is -0.361. The van der Waals surface area contributed by atoms with E-state index in [1.165, 1.54) is 5.56 Å². The Morgan fingerprint density at radius 2 is 1.76 bits per heavy atom. The van der Waals surface area contributed by atoms with Crippen molar-refractivity contribution in [2.24, 2.45) is 5.73 Å². The zero-order valence-corrected chi connectivity index (χ0v) is 14.7. The van der Waals surface area contributed by atoms with Gasteiger partial charge in [-0.05, 0) is 38.0 Å². The quantitative estimate of drug-likeness (QED) is 0.725. The normalized spacial score (nSPS) is 11.6. The number of nitrogens with one attached hydrogen (secondary N) is 2. The van der Waals surface area contributed by atoms with Crippen LogP contribution in [-0.4, -0.2) is 17.9 Å². The van der Waals surface area contributed by atoms with E-state index in [1.54, 1.807) is 24.3 Å². The monoisotopic (exact) mass is 339 g/mol. The van der Waals surface area contributed by atoms with Crippen molar-refractivity contribution in [3.8, 4) is 0 Å². The summed E-state index contributed by atoms with van der Waals surface area (Å²) >= 11 is 0. The van der Waals surface area contributed by atoms with Gasteiger partial charge in [0.05, 0.1) is 11.3 Å². The molecule has 25 heavy (non-hydrogen) atoms.